The lowest BCUT2D eigenvalue weighted by molar-refractivity contribution is 0.0518. The van der Waals surface area contributed by atoms with Crippen LogP contribution >= 0.6 is 0 Å². The maximum absolute atomic E-state index is 12.3. The molecule has 0 unspecified atom stereocenters. The number of carbonyl (C=O) groups is 1. The third kappa shape index (κ3) is 3.99. The summed E-state index contributed by atoms with van der Waals surface area (Å²) in [6.45, 7) is 4.80. The number of carbonyl (C=O) groups excluding carboxylic acids is 1. The second kappa shape index (κ2) is 7.40. The van der Waals surface area contributed by atoms with Crippen molar-refractivity contribution in [3.05, 3.63) is 29.8 Å². The van der Waals surface area contributed by atoms with Gasteiger partial charge >= 0.3 is 6.09 Å². The normalized spacial score (nSPS) is 23.9. The Hall–Kier alpha value is -2.48. The Labute approximate surface area is 169 Å². The molecule has 1 saturated carbocycles. The smallest absolute Gasteiger partial charge is 0.410 e. The number of rotatable bonds is 4. The summed E-state index contributed by atoms with van der Waals surface area (Å²) in [6, 6.07) is 3.92. The third-order valence-electron chi connectivity index (χ3n) is 6.22. The van der Waals surface area contributed by atoms with Crippen LogP contribution in [0.1, 0.15) is 62.4 Å². The van der Waals surface area contributed by atoms with Crippen molar-refractivity contribution >= 4 is 6.09 Å². The summed E-state index contributed by atoms with van der Waals surface area (Å²) in [4.78, 5) is 23.2. The number of ether oxygens (including phenoxy) is 2. The van der Waals surface area contributed by atoms with Gasteiger partial charge < -0.3 is 18.9 Å². The van der Waals surface area contributed by atoms with E-state index in [0.717, 1.165) is 50.0 Å². The number of aromatic nitrogens is 3. The predicted molar refractivity (Wildman–Crippen MR) is 103 cm³/mol. The summed E-state index contributed by atoms with van der Waals surface area (Å²) >= 11 is 0. The van der Waals surface area contributed by atoms with E-state index in [4.69, 9.17) is 14.0 Å². The van der Waals surface area contributed by atoms with Crippen LogP contribution in [0.3, 0.4) is 0 Å². The van der Waals surface area contributed by atoms with Gasteiger partial charge in [0.2, 0.25) is 0 Å². The van der Waals surface area contributed by atoms with Crippen molar-refractivity contribution in [1.29, 1.82) is 0 Å². The maximum atomic E-state index is 12.3. The summed E-state index contributed by atoms with van der Waals surface area (Å²) < 4.78 is 16.6. The number of hydrogen-bond donors (Lipinski definition) is 0. The minimum Gasteiger partial charge on any atom is -0.443 e. The minimum atomic E-state index is -0.232. The molecule has 0 bridgehead atoms. The first-order valence-corrected chi connectivity index (χ1v) is 10.5. The predicted octanol–water partition coefficient (Wildman–Crippen LogP) is 3.50. The quantitative estimate of drug-likeness (QED) is 0.778. The molecule has 0 N–H and O–H groups in total. The van der Waals surface area contributed by atoms with Gasteiger partial charge in [-0.25, -0.2) is 4.79 Å². The Bertz CT molecular complexity index is 880. The van der Waals surface area contributed by atoms with Gasteiger partial charge in [0, 0.05) is 49.0 Å². The molecule has 1 aliphatic carbocycles. The first kappa shape index (κ1) is 18.5. The number of pyridine rings is 1. The fraction of sp³-hybridized carbons (Fsp3) is 0.619. The van der Waals surface area contributed by atoms with Gasteiger partial charge in [0.15, 0.2) is 5.82 Å². The molecule has 3 aliphatic rings. The topological polar surface area (TPSA) is 90.6 Å². The zero-order chi connectivity index (χ0) is 19.8. The molecule has 1 amide bonds. The standard InChI is InChI=1S/C21H26N4O4/c1-21(6-7-21)28-20(26)25-9-3-14(4-10-25)18-23-19(29-24-18)15-2-8-22-17(12-15)16-5-11-27-13-16/h2,8,12,14,16H,3-7,9-11,13H2,1H3/t16-/m1/s1. The van der Waals surface area contributed by atoms with E-state index in [1.807, 2.05) is 19.1 Å². The molecule has 3 fully saturated rings. The van der Waals surface area contributed by atoms with Crippen molar-refractivity contribution in [1.82, 2.24) is 20.0 Å². The van der Waals surface area contributed by atoms with Crippen LogP contribution in [0.5, 0.6) is 0 Å². The third-order valence-corrected chi connectivity index (χ3v) is 6.22. The fourth-order valence-corrected chi connectivity index (χ4v) is 3.96. The molecule has 2 aliphatic heterocycles. The number of amides is 1. The number of piperidine rings is 1. The summed E-state index contributed by atoms with van der Waals surface area (Å²) in [7, 11) is 0. The molecule has 154 valence electrons. The average molecular weight is 398 g/mol. The lowest BCUT2D eigenvalue weighted by atomic mass is 9.96. The van der Waals surface area contributed by atoms with Crippen LogP contribution in [0, 0.1) is 0 Å². The molecular weight excluding hydrogens is 372 g/mol. The Balaban J connectivity index is 1.22. The molecule has 0 spiro atoms. The van der Waals surface area contributed by atoms with E-state index in [-0.39, 0.29) is 17.6 Å². The van der Waals surface area contributed by atoms with Gasteiger partial charge in [0.1, 0.15) is 5.60 Å². The highest BCUT2D eigenvalue weighted by Gasteiger charge is 2.43. The SMILES string of the molecule is CC1(OC(=O)N2CCC(c3noc(-c4ccnc([C@@H]5CCOC5)c4)n3)CC2)CC1. The van der Waals surface area contributed by atoms with E-state index in [1.54, 1.807) is 11.1 Å². The summed E-state index contributed by atoms with van der Waals surface area (Å²) in [5.74, 6) is 1.76. The van der Waals surface area contributed by atoms with Gasteiger partial charge in [0.05, 0.1) is 6.61 Å². The van der Waals surface area contributed by atoms with Crippen LogP contribution < -0.4 is 0 Å². The van der Waals surface area contributed by atoms with Gasteiger partial charge in [-0.15, -0.1) is 0 Å². The highest BCUT2D eigenvalue weighted by Crippen LogP contribution is 2.39. The van der Waals surface area contributed by atoms with Crippen molar-refractivity contribution in [2.24, 2.45) is 0 Å². The van der Waals surface area contributed by atoms with Crippen LogP contribution in [-0.2, 0) is 9.47 Å². The van der Waals surface area contributed by atoms with Crippen LogP contribution in [0.15, 0.2) is 22.9 Å². The molecule has 2 saturated heterocycles. The molecule has 4 heterocycles. The Morgan fingerprint density at radius 3 is 2.79 bits per heavy atom. The summed E-state index contributed by atoms with van der Waals surface area (Å²) in [5, 5.41) is 4.22. The monoisotopic (exact) mass is 398 g/mol. The molecular formula is C21H26N4O4. The van der Waals surface area contributed by atoms with Crippen molar-refractivity contribution < 1.29 is 18.8 Å². The molecule has 0 aromatic carbocycles. The van der Waals surface area contributed by atoms with Gasteiger partial charge in [-0.3, -0.25) is 4.98 Å². The van der Waals surface area contributed by atoms with E-state index in [9.17, 15) is 4.79 Å². The molecule has 0 radical (unpaired) electrons. The Kier molecular flexibility index (Phi) is 4.73. The van der Waals surface area contributed by atoms with Gasteiger partial charge in [0.25, 0.3) is 5.89 Å². The second-order valence-electron chi connectivity index (χ2n) is 8.57. The minimum absolute atomic E-state index is 0.192. The molecule has 8 heteroatoms. The molecule has 1 atom stereocenters. The number of likely N-dealkylation sites (tertiary alicyclic amines) is 1. The van der Waals surface area contributed by atoms with Gasteiger partial charge in [-0.1, -0.05) is 5.16 Å². The van der Waals surface area contributed by atoms with Crippen LogP contribution in [0.2, 0.25) is 0 Å². The van der Waals surface area contributed by atoms with E-state index in [2.05, 4.69) is 15.1 Å². The van der Waals surface area contributed by atoms with Gasteiger partial charge in [-0.05, 0) is 51.2 Å². The number of hydrogen-bond acceptors (Lipinski definition) is 7. The van der Waals surface area contributed by atoms with E-state index in [0.29, 0.717) is 37.3 Å². The maximum Gasteiger partial charge on any atom is 0.410 e. The number of nitrogens with zero attached hydrogens (tertiary/aromatic N) is 4. The van der Waals surface area contributed by atoms with Crippen LogP contribution in [-0.4, -0.2) is 58.0 Å². The highest BCUT2D eigenvalue weighted by atomic mass is 16.6. The largest absolute Gasteiger partial charge is 0.443 e. The highest BCUT2D eigenvalue weighted by molar-refractivity contribution is 5.68. The Morgan fingerprint density at radius 2 is 2.07 bits per heavy atom. The van der Waals surface area contributed by atoms with Crippen molar-refractivity contribution in [2.75, 3.05) is 26.3 Å². The zero-order valence-corrected chi connectivity index (χ0v) is 16.7. The molecule has 2 aromatic heterocycles. The second-order valence-corrected chi connectivity index (χ2v) is 8.57. The van der Waals surface area contributed by atoms with Crippen molar-refractivity contribution in [3.8, 4) is 11.5 Å². The molecule has 29 heavy (non-hydrogen) atoms. The molecule has 5 rings (SSSR count). The zero-order valence-electron chi connectivity index (χ0n) is 16.7. The first-order valence-electron chi connectivity index (χ1n) is 10.5. The average Bonchev–Trinajstić information content (AvgIpc) is 3.18. The van der Waals surface area contributed by atoms with Crippen molar-refractivity contribution in [2.45, 2.75) is 56.5 Å². The van der Waals surface area contributed by atoms with Crippen LogP contribution in [0.4, 0.5) is 4.79 Å². The van der Waals surface area contributed by atoms with Crippen molar-refractivity contribution in [3.63, 3.8) is 0 Å². The van der Waals surface area contributed by atoms with Gasteiger partial charge in [-0.2, -0.15) is 4.98 Å². The van der Waals surface area contributed by atoms with Crippen LogP contribution in [0.25, 0.3) is 11.5 Å². The van der Waals surface area contributed by atoms with E-state index >= 15 is 0 Å². The van der Waals surface area contributed by atoms with E-state index < -0.39 is 0 Å². The lowest BCUT2D eigenvalue weighted by Gasteiger charge is -2.30. The fourth-order valence-electron chi connectivity index (χ4n) is 3.96. The summed E-state index contributed by atoms with van der Waals surface area (Å²) in [5.41, 5.74) is 1.67. The summed E-state index contributed by atoms with van der Waals surface area (Å²) in [6.07, 6.45) is 6.13. The molecule has 2 aromatic rings. The van der Waals surface area contributed by atoms with E-state index in [1.165, 1.54) is 0 Å². The lowest BCUT2D eigenvalue weighted by Crippen LogP contribution is -2.40. The Morgan fingerprint density at radius 1 is 1.24 bits per heavy atom. The first-order chi connectivity index (χ1) is 14.1. The molecule has 8 nitrogen and oxygen atoms in total.